The molecule has 4 atom stereocenters. The van der Waals surface area contributed by atoms with E-state index in [1.165, 1.54) is 6.92 Å². The maximum Gasteiger partial charge on any atom is 0.326 e. The molecule has 1 saturated carbocycles. The first-order valence-electron chi connectivity index (χ1n) is 13.0. The van der Waals surface area contributed by atoms with Gasteiger partial charge in [0.15, 0.2) is 0 Å². The number of anilines is 1. The van der Waals surface area contributed by atoms with E-state index in [4.69, 9.17) is 28.3 Å². The Kier molecular flexibility index (Phi) is 9.71. The van der Waals surface area contributed by atoms with Crippen LogP contribution < -0.4 is 16.0 Å². The Morgan fingerprint density at radius 1 is 0.927 bits per heavy atom. The van der Waals surface area contributed by atoms with Gasteiger partial charge in [0.2, 0.25) is 11.8 Å². The van der Waals surface area contributed by atoms with Gasteiger partial charge in [-0.3, -0.25) is 19.2 Å². The van der Waals surface area contributed by atoms with E-state index < -0.39 is 58.5 Å². The van der Waals surface area contributed by atoms with Crippen molar-refractivity contribution in [1.29, 1.82) is 0 Å². The highest BCUT2D eigenvalue weighted by Crippen LogP contribution is 2.56. The van der Waals surface area contributed by atoms with Crippen LogP contribution in [0.15, 0.2) is 42.5 Å². The van der Waals surface area contributed by atoms with Crippen LogP contribution >= 0.6 is 23.2 Å². The largest absolute Gasteiger partial charge is 0.480 e. The van der Waals surface area contributed by atoms with E-state index in [0.29, 0.717) is 24.1 Å². The number of benzene rings is 2. The number of hydrogen-bond donors (Lipinski definition) is 5. The maximum absolute atomic E-state index is 13.3. The van der Waals surface area contributed by atoms with Gasteiger partial charge in [-0.1, -0.05) is 62.2 Å². The molecule has 41 heavy (non-hydrogen) atoms. The van der Waals surface area contributed by atoms with Crippen molar-refractivity contribution < 1.29 is 34.2 Å². The molecule has 0 bridgehead atoms. The minimum atomic E-state index is -1.24. The number of carboxylic acid groups (broad SMARTS) is 2. The van der Waals surface area contributed by atoms with E-state index in [1.807, 2.05) is 0 Å². The number of rotatable bonds is 10. The molecule has 0 aliphatic heterocycles. The number of carbonyl (C=O) groups excluding carboxylic acids is 3. The van der Waals surface area contributed by atoms with E-state index in [-0.39, 0.29) is 22.0 Å². The number of amides is 3. The summed E-state index contributed by atoms with van der Waals surface area (Å²) in [5.41, 5.74) is -0.746. The molecule has 0 saturated heterocycles. The molecule has 10 nitrogen and oxygen atoms in total. The Balaban J connectivity index is 1.67. The highest BCUT2D eigenvalue weighted by molar-refractivity contribution is 6.40. The summed E-state index contributed by atoms with van der Waals surface area (Å²) in [6.45, 7) is 6.57. The van der Waals surface area contributed by atoms with Crippen LogP contribution in [0, 0.1) is 16.7 Å². The second-order valence-electron chi connectivity index (χ2n) is 11.0. The lowest BCUT2D eigenvalue weighted by molar-refractivity contribution is -0.147. The van der Waals surface area contributed by atoms with Gasteiger partial charge in [-0.15, -0.1) is 0 Å². The summed E-state index contributed by atoms with van der Waals surface area (Å²) >= 11 is 12.2. The fourth-order valence-electron chi connectivity index (χ4n) is 5.12. The second-order valence-corrected chi connectivity index (χ2v) is 11.8. The van der Waals surface area contributed by atoms with Gasteiger partial charge in [0.05, 0.1) is 21.0 Å². The van der Waals surface area contributed by atoms with Crippen molar-refractivity contribution in [3.8, 4) is 0 Å². The van der Waals surface area contributed by atoms with Gasteiger partial charge in [-0.25, -0.2) is 4.79 Å². The molecule has 0 radical (unpaired) electrons. The van der Waals surface area contributed by atoms with Gasteiger partial charge in [-0.05, 0) is 55.0 Å². The van der Waals surface area contributed by atoms with Crippen molar-refractivity contribution in [3.63, 3.8) is 0 Å². The fraction of sp³-hybridized carbons (Fsp3) is 0.414. The molecular weight excluding hydrogens is 573 g/mol. The van der Waals surface area contributed by atoms with E-state index >= 15 is 0 Å². The zero-order valence-electron chi connectivity index (χ0n) is 23.1. The lowest BCUT2D eigenvalue weighted by atomic mass is 9.65. The van der Waals surface area contributed by atoms with Crippen LogP contribution in [-0.4, -0.2) is 52.0 Å². The average molecular weight is 607 g/mol. The maximum atomic E-state index is 13.3. The number of hydrogen-bond acceptors (Lipinski definition) is 5. The van der Waals surface area contributed by atoms with Crippen molar-refractivity contribution in [2.24, 2.45) is 16.7 Å². The van der Waals surface area contributed by atoms with Gasteiger partial charge >= 0.3 is 11.9 Å². The molecular formula is C29H33Cl2N3O7. The van der Waals surface area contributed by atoms with Crippen LogP contribution in [0.4, 0.5) is 5.69 Å². The van der Waals surface area contributed by atoms with Crippen LogP contribution in [0.2, 0.25) is 10.0 Å². The van der Waals surface area contributed by atoms with Crippen LogP contribution in [0.5, 0.6) is 0 Å². The van der Waals surface area contributed by atoms with E-state index in [9.17, 15) is 29.1 Å². The molecule has 0 spiro atoms. The molecule has 0 heterocycles. The Labute approximate surface area is 247 Å². The number of aliphatic carboxylic acids is 2. The SMILES string of the molecule is CC(NC(=O)C1(C)CCC(C(=O)N[C@@H](Cc2ccc(NC(=O)c3c(Cl)cccc3Cl)cc2)C(=O)O)C1(C)C)C(=O)O. The van der Waals surface area contributed by atoms with E-state index in [1.54, 1.807) is 63.2 Å². The minimum Gasteiger partial charge on any atom is -0.480 e. The van der Waals surface area contributed by atoms with Crippen molar-refractivity contribution in [1.82, 2.24) is 10.6 Å². The second kappa shape index (κ2) is 12.5. The lowest BCUT2D eigenvalue weighted by Crippen LogP contribution is -2.53. The summed E-state index contributed by atoms with van der Waals surface area (Å²) < 4.78 is 0. The summed E-state index contributed by atoms with van der Waals surface area (Å²) in [4.78, 5) is 62.2. The third kappa shape index (κ3) is 6.82. The van der Waals surface area contributed by atoms with Gasteiger partial charge in [0, 0.05) is 18.0 Å². The van der Waals surface area contributed by atoms with Crippen LogP contribution in [0.25, 0.3) is 0 Å². The van der Waals surface area contributed by atoms with Crippen molar-refractivity contribution >= 4 is 58.5 Å². The van der Waals surface area contributed by atoms with Gasteiger partial charge in [0.1, 0.15) is 12.1 Å². The number of carboxylic acids is 2. The quantitative estimate of drug-likeness (QED) is 0.268. The number of nitrogens with one attached hydrogen (secondary N) is 3. The Morgan fingerprint density at radius 3 is 2.05 bits per heavy atom. The molecule has 1 aliphatic rings. The Bertz CT molecular complexity index is 1340. The molecule has 220 valence electrons. The smallest absolute Gasteiger partial charge is 0.326 e. The summed E-state index contributed by atoms with van der Waals surface area (Å²) in [6, 6.07) is 8.86. The molecule has 0 aromatic heterocycles. The molecule has 3 unspecified atom stereocenters. The third-order valence-electron chi connectivity index (χ3n) is 8.22. The molecule has 3 rings (SSSR count). The summed E-state index contributed by atoms with van der Waals surface area (Å²) in [6.07, 6.45) is 0.646. The first-order chi connectivity index (χ1) is 19.1. The molecule has 1 fully saturated rings. The summed E-state index contributed by atoms with van der Waals surface area (Å²) in [5, 5.41) is 27.2. The molecule has 5 N–H and O–H groups in total. The fourth-order valence-corrected chi connectivity index (χ4v) is 5.69. The molecule has 3 amide bonds. The highest BCUT2D eigenvalue weighted by atomic mass is 35.5. The van der Waals surface area contributed by atoms with E-state index in [2.05, 4.69) is 16.0 Å². The summed E-state index contributed by atoms with van der Waals surface area (Å²) in [5.74, 6) is -4.53. The predicted molar refractivity (Wildman–Crippen MR) is 154 cm³/mol. The predicted octanol–water partition coefficient (Wildman–Crippen LogP) is 4.39. The molecule has 2 aromatic carbocycles. The van der Waals surface area contributed by atoms with Crippen LogP contribution in [0.1, 0.15) is 56.5 Å². The Morgan fingerprint density at radius 2 is 1.51 bits per heavy atom. The third-order valence-corrected chi connectivity index (χ3v) is 8.85. The van der Waals surface area contributed by atoms with Crippen molar-refractivity contribution in [2.75, 3.05) is 5.32 Å². The van der Waals surface area contributed by atoms with Crippen LogP contribution in [0.3, 0.4) is 0 Å². The minimum absolute atomic E-state index is 0.0212. The number of carbonyl (C=O) groups is 5. The zero-order chi connectivity index (χ0) is 30.7. The average Bonchev–Trinajstić information content (AvgIpc) is 3.13. The monoisotopic (exact) mass is 605 g/mol. The van der Waals surface area contributed by atoms with Crippen molar-refractivity contribution in [3.05, 3.63) is 63.6 Å². The number of halogens is 2. The zero-order valence-corrected chi connectivity index (χ0v) is 24.6. The van der Waals surface area contributed by atoms with Gasteiger partial charge < -0.3 is 26.2 Å². The summed E-state index contributed by atoms with van der Waals surface area (Å²) in [7, 11) is 0. The lowest BCUT2D eigenvalue weighted by Gasteiger charge is -2.40. The van der Waals surface area contributed by atoms with Gasteiger partial charge in [0.25, 0.3) is 5.91 Å². The normalized spacial score (nSPS) is 20.9. The first-order valence-corrected chi connectivity index (χ1v) is 13.8. The Hall–Kier alpha value is -3.63. The highest BCUT2D eigenvalue weighted by Gasteiger charge is 2.58. The first kappa shape index (κ1) is 31.9. The molecule has 2 aromatic rings. The van der Waals surface area contributed by atoms with Crippen LogP contribution in [-0.2, 0) is 25.6 Å². The standard InChI is InChI=1S/C29H33Cl2N3O7/c1-15(25(37)38)32-27(41)29(4)13-12-18(28(29,2)3)23(35)34-21(26(39)40)14-16-8-10-17(11-9-16)33-24(36)22-19(30)6-5-7-20(22)31/h5-11,15,18,21H,12-14H2,1-4H3,(H,32,41)(H,33,36)(H,34,35)(H,37,38)(H,39,40)/t15?,18?,21-,29?/m0/s1. The van der Waals surface area contributed by atoms with E-state index in [0.717, 1.165) is 0 Å². The molecule has 12 heteroatoms. The van der Waals surface area contributed by atoms with Gasteiger partial charge in [-0.2, -0.15) is 0 Å². The van der Waals surface area contributed by atoms with Crippen molar-refractivity contribution in [2.45, 2.75) is 59.0 Å². The topological polar surface area (TPSA) is 162 Å². The molecule has 1 aliphatic carbocycles.